The lowest BCUT2D eigenvalue weighted by molar-refractivity contribution is -0.144. The number of rotatable bonds is 5. The molecule has 0 radical (unpaired) electrons. The van der Waals surface area contributed by atoms with Crippen molar-refractivity contribution in [3.63, 3.8) is 0 Å². The topological polar surface area (TPSA) is 67.2 Å². The first-order chi connectivity index (χ1) is 7.39. The van der Waals surface area contributed by atoms with E-state index in [4.69, 9.17) is 5.11 Å². The van der Waals surface area contributed by atoms with E-state index in [1.165, 1.54) is 0 Å². The Bertz CT molecular complexity index is 387. The summed E-state index contributed by atoms with van der Waals surface area (Å²) in [5.41, 5.74) is 1.05. The number of aliphatic carboxylic acids is 1. The second-order valence-electron chi connectivity index (χ2n) is 4.25. The van der Waals surface area contributed by atoms with Crippen LogP contribution in [0.15, 0.2) is 6.07 Å². The van der Waals surface area contributed by atoms with E-state index in [1.807, 2.05) is 27.0 Å². The van der Waals surface area contributed by atoms with Crippen LogP contribution in [0.4, 0.5) is 0 Å². The molecular weight excluding hydrogens is 206 g/mol. The molecule has 0 spiro atoms. The number of nitrogens with one attached hydrogen (secondary N) is 1. The van der Waals surface area contributed by atoms with Gasteiger partial charge < -0.3 is 5.11 Å². The molecule has 5 heteroatoms. The van der Waals surface area contributed by atoms with Crippen LogP contribution in [0.3, 0.4) is 0 Å². The van der Waals surface area contributed by atoms with E-state index in [2.05, 4.69) is 10.4 Å². The van der Waals surface area contributed by atoms with E-state index in [0.29, 0.717) is 13.0 Å². The summed E-state index contributed by atoms with van der Waals surface area (Å²) in [4.78, 5) is 11.1. The molecule has 0 saturated heterocycles. The van der Waals surface area contributed by atoms with Gasteiger partial charge in [-0.05, 0) is 26.3 Å². The Kier molecular flexibility index (Phi) is 3.70. The number of carboxylic acids is 1. The monoisotopic (exact) mass is 225 g/mol. The molecule has 1 atom stereocenters. The normalized spacial score (nSPS) is 14.8. The van der Waals surface area contributed by atoms with Crippen LogP contribution < -0.4 is 5.32 Å². The van der Waals surface area contributed by atoms with E-state index >= 15 is 0 Å². The Morgan fingerprint density at radius 1 is 1.69 bits per heavy atom. The molecule has 0 aliphatic rings. The molecule has 1 aromatic rings. The molecule has 1 unspecified atom stereocenters. The Labute approximate surface area is 95.5 Å². The van der Waals surface area contributed by atoms with Crippen LogP contribution in [0.25, 0.3) is 0 Å². The van der Waals surface area contributed by atoms with Crippen LogP contribution in [0, 0.1) is 6.92 Å². The number of hydrogen-bond acceptors (Lipinski definition) is 3. The molecule has 0 amide bonds. The first-order valence-electron chi connectivity index (χ1n) is 5.37. The van der Waals surface area contributed by atoms with Gasteiger partial charge in [-0.3, -0.25) is 14.8 Å². The van der Waals surface area contributed by atoms with Crippen molar-refractivity contribution in [2.75, 3.05) is 0 Å². The van der Waals surface area contributed by atoms with Gasteiger partial charge in [0.25, 0.3) is 0 Å². The average molecular weight is 225 g/mol. The van der Waals surface area contributed by atoms with Gasteiger partial charge in [0.2, 0.25) is 0 Å². The number of aromatic nitrogens is 2. The Hall–Kier alpha value is -1.36. The van der Waals surface area contributed by atoms with Gasteiger partial charge in [0.15, 0.2) is 0 Å². The third-order valence-corrected chi connectivity index (χ3v) is 2.94. The number of carboxylic acid groups (broad SMARTS) is 1. The fraction of sp³-hybridized carbons (Fsp3) is 0.636. The molecule has 16 heavy (non-hydrogen) atoms. The summed E-state index contributed by atoms with van der Waals surface area (Å²) in [6, 6.07) is 1.95. The van der Waals surface area contributed by atoms with Crippen LogP contribution in [-0.4, -0.2) is 26.4 Å². The van der Waals surface area contributed by atoms with Crippen LogP contribution in [0.2, 0.25) is 0 Å². The van der Waals surface area contributed by atoms with E-state index < -0.39 is 11.5 Å². The summed E-state index contributed by atoms with van der Waals surface area (Å²) in [5.74, 6) is -0.825. The molecule has 2 N–H and O–H groups in total. The van der Waals surface area contributed by atoms with Crippen molar-refractivity contribution < 1.29 is 9.90 Å². The smallest absolute Gasteiger partial charge is 0.323 e. The predicted molar refractivity (Wildman–Crippen MR) is 61.1 cm³/mol. The second-order valence-corrected chi connectivity index (χ2v) is 4.25. The fourth-order valence-corrected chi connectivity index (χ4v) is 1.47. The minimum absolute atomic E-state index is 0.508. The van der Waals surface area contributed by atoms with Crippen molar-refractivity contribution in [1.82, 2.24) is 15.1 Å². The molecule has 0 aliphatic heterocycles. The van der Waals surface area contributed by atoms with Gasteiger partial charge in [-0.1, -0.05) is 6.92 Å². The molecule has 0 aromatic carbocycles. The molecular formula is C11H19N3O2. The number of hydrogen-bond donors (Lipinski definition) is 2. The highest BCUT2D eigenvalue weighted by molar-refractivity contribution is 5.78. The molecule has 5 nitrogen and oxygen atoms in total. The lowest BCUT2D eigenvalue weighted by atomic mass is 9.99. The lowest BCUT2D eigenvalue weighted by Crippen LogP contribution is -2.48. The standard InChI is InChI=1S/C11H19N3O2/c1-5-11(3,10(15)16)12-7-9-6-8(2)13-14(9)4/h6,12H,5,7H2,1-4H3,(H,15,16). The van der Waals surface area contributed by atoms with E-state index in [9.17, 15) is 4.79 Å². The van der Waals surface area contributed by atoms with Crippen molar-refractivity contribution in [3.8, 4) is 0 Å². The lowest BCUT2D eigenvalue weighted by Gasteiger charge is -2.24. The molecule has 0 bridgehead atoms. The summed E-state index contributed by atoms with van der Waals surface area (Å²) in [6.07, 6.45) is 0.541. The van der Waals surface area contributed by atoms with Crippen molar-refractivity contribution in [1.29, 1.82) is 0 Å². The van der Waals surface area contributed by atoms with Crippen molar-refractivity contribution >= 4 is 5.97 Å². The highest BCUT2D eigenvalue weighted by atomic mass is 16.4. The van der Waals surface area contributed by atoms with Gasteiger partial charge >= 0.3 is 5.97 Å². The highest BCUT2D eigenvalue weighted by Crippen LogP contribution is 2.11. The SMILES string of the molecule is CCC(C)(NCc1cc(C)nn1C)C(=O)O. The minimum atomic E-state index is -0.877. The number of nitrogens with zero attached hydrogens (tertiary/aromatic N) is 2. The average Bonchev–Trinajstić information content (AvgIpc) is 2.53. The van der Waals surface area contributed by atoms with Crippen LogP contribution in [0.1, 0.15) is 31.7 Å². The molecule has 0 saturated carbocycles. The molecule has 1 rings (SSSR count). The van der Waals surface area contributed by atoms with Crippen molar-refractivity contribution in [2.45, 2.75) is 39.3 Å². The summed E-state index contributed by atoms with van der Waals surface area (Å²) >= 11 is 0. The number of aryl methyl sites for hydroxylation is 2. The molecule has 1 aromatic heterocycles. The summed E-state index contributed by atoms with van der Waals surface area (Å²) in [5, 5.41) is 16.4. The van der Waals surface area contributed by atoms with Crippen molar-refractivity contribution in [2.24, 2.45) is 7.05 Å². The van der Waals surface area contributed by atoms with Crippen molar-refractivity contribution in [3.05, 3.63) is 17.5 Å². The fourth-order valence-electron chi connectivity index (χ4n) is 1.47. The first kappa shape index (κ1) is 12.7. The molecule has 1 heterocycles. The predicted octanol–water partition coefficient (Wildman–Crippen LogP) is 1.07. The van der Waals surface area contributed by atoms with Crippen LogP contribution in [0.5, 0.6) is 0 Å². The van der Waals surface area contributed by atoms with Crippen LogP contribution in [-0.2, 0) is 18.4 Å². The van der Waals surface area contributed by atoms with Gasteiger partial charge in [-0.2, -0.15) is 5.10 Å². The summed E-state index contributed by atoms with van der Waals surface area (Å²) in [7, 11) is 1.86. The summed E-state index contributed by atoms with van der Waals surface area (Å²) in [6.45, 7) is 5.97. The Balaban J connectivity index is 2.70. The van der Waals surface area contributed by atoms with Gasteiger partial charge in [0.05, 0.1) is 11.4 Å². The van der Waals surface area contributed by atoms with Gasteiger partial charge in [-0.25, -0.2) is 0 Å². The van der Waals surface area contributed by atoms with Gasteiger partial charge in [-0.15, -0.1) is 0 Å². The maximum absolute atomic E-state index is 11.1. The van der Waals surface area contributed by atoms with E-state index in [0.717, 1.165) is 11.4 Å². The zero-order valence-corrected chi connectivity index (χ0v) is 10.2. The van der Waals surface area contributed by atoms with E-state index in [-0.39, 0.29) is 0 Å². The van der Waals surface area contributed by atoms with E-state index in [1.54, 1.807) is 11.6 Å². The third-order valence-electron chi connectivity index (χ3n) is 2.94. The maximum atomic E-state index is 11.1. The largest absolute Gasteiger partial charge is 0.480 e. The zero-order valence-electron chi connectivity index (χ0n) is 10.2. The summed E-state index contributed by atoms with van der Waals surface area (Å²) < 4.78 is 1.76. The molecule has 0 fully saturated rings. The second kappa shape index (κ2) is 4.65. The van der Waals surface area contributed by atoms with Gasteiger partial charge in [0.1, 0.15) is 5.54 Å². The highest BCUT2D eigenvalue weighted by Gasteiger charge is 2.30. The molecule has 90 valence electrons. The minimum Gasteiger partial charge on any atom is -0.480 e. The van der Waals surface area contributed by atoms with Crippen LogP contribution >= 0.6 is 0 Å². The quantitative estimate of drug-likeness (QED) is 0.786. The first-order valence-corrected chi connectivity index (χ1v) is 5.37. The zero-order chi connectivity index (χ0) is 12.3. The third kappa shape index (κ3) is 2.61. The molecule has 0 aliphatic carbocycles. The maximum Gasteiger partial charge on any atom is 0.323 e. The Morgan fingerprint density at radius 3 is 2.69 bits per heavy atom. The van der Waals surface area contributed by atoms with Gasteiger partial charge in [0, 0.05) is 13.6 Å². The Morgan fingerprint density at radius 2 is 2.31 bits per heavy atom. The number of carbonyl (C=O) groups is 1.